The zero-order chi connectivity index (χ0) is 9.54. The summed E-state index contributed by atoms with van der Waals surface area (Å²) in [4.78, 5) is 0. The second kappa shape index (κ2) is 2.97. The van der Waals surface area contributed by atoms with E-state index in [0.717, 1.165) is 18.1 Å². The second-order valence-electron chi connectivity index (χ2n) is 3.65. The number of rotatable bonds is 0. The SMILES string of the molecule is Clc1ccc2c3c(cccc13)CNC2. The second-order valence-corrected chi connectivity index (χ2v) is 4.06. The van der Waals surface area contributed by atoms with Gasteiger partial charge >= 0.3 is 0 Å². The lowest BCUT2D eigenvalue weighted by atomic mass is 9.96. The number of benzene rings is 2. The van der Waals surface area contributed by atoms with Crippen LogP contribution in [0.2, 0.25) is 5.02 Å². The quantitative estimate of drug-likeness (QED) is 0.694. The fraction of sp³-hybridized carbons (Fsp3) is 0.167. The largest absolute Gasteiger partial charge is 0.309 e. The molecule has 0 fully saturated rings. The summed E-state index contributed by atoms with van der Waals surface area (Å²) >= 11 is 6.16. The highest BCUT2D eigenvalue weighted by Crippen LogP contribution is 2.31. The number of nitrogens with one attached hydrogen (secondary N) is 1. The van der Waals surface area contributed by atoms with Gasteiger partial charge in [0.2, 0.25) is 0 Å². The van der Waals surface area contributed by atoms with Crippen molar-refractivity contribution in [1.29, 1.82) is 0 Å². The van der Waals surface area contributed by atoms with Gasteiger partial charge < -0.3 is 5.32 Å². The summed E-state index contributed by atoms with van der Waals surface area (Å²) in [5.41, 5.74) is 2.71. The summed E-state index contributed by atoms with van der Waals surface area (Å²) in [5.74, 6) is 0. The molecule has 2 heteroatoms. The van der Waals surface area contributed by atoms with Crippen molar-refractivity contribution in [3.05, 3.63) is 46.5 Å². The molecule has 2 aromatic carbocycles. The lowest BCUT2D eigenvalue weighted by Gasteiger charge is -2.18. The lowest BCUT2D eigenvalue weighted by Crippen LogP contribution is -2.18. The van der Waals surface area contributed by atoms with Crippen molar-refractivity contribution in [2.24, 2.45) is 0 Å². The molecule has 0 saturated carbocycles. The zero-order valence-electron chi connectivity index (χ0n) is 7.68. The minimum atomic E-state index is 0.854. The van der Waals surface area contributed by atoms with Gasteiger partial charge in [0, 0.05) is 23.5 Å². The summed E-state index contributed by atoms with van der Waals surface area (Å²) < 4.78 is 0. The van der Waals surface area contributed by atoms with E-state index < -0.39 is 0 Å². The van der Waals surface area contributed by atoms with Crippen molar-refractivity contribution < 1.29 is 0 Å². The third kappa shape index (κ3) is 1.06. The first-order chi connectivity index (χ1) is 6.86. The molecule has 1 heterocycles. The van der Waals surface area contributed by atoms with Crippen LogP contribution in [0.25, 0.3) is 10.8 Å². The minimum Gasteiger partial charge on any atom is -0.309 e. The number of hydrogen-bond donors (Lipinski definition) is 1. The predicted octanol–water partition coefficient (Wildman–Crippen LogP) is 3.10. The first-order valence-corrected chi connectivity index (χ1v) is 5.14. The van der Waals surface area contributed by atoms with Crippen LogP contribution in [-0.2, 0) is 13.1 Å². The third-order valence-corrected chi connectivity index (χ3v) is 3.12. The van der Waals surface area contributed by atoms with Crippen LogP contribution in [0.5, 0.6) is 0 Å². The summed E-state index contributed by atoms with van der Waals surface area (Å²) in [6.45, 7) is 1.90. The molecular formula is C12H10ClN. The van der Waals surface area contributed by atoms with Gasteiger partial charge in [-0.25, -0.2) is 0 Å². The Labute approximate surface area is 87.7 Å². The Hall–Kier alpha value is -1.05. The zero-order valence-corrected chi connectivity index (χ0v) is 8.43. The highest BCUT2D eigenvalue weighted by molar-refractivity contribution is 6.35. The fourth-order valence-corrected chi connectivity index (χ4v) is 2.37. The summed E-state index contributed by atoms with van der Waals surface area (Å²) in [6, 6.07) is 10.4. The molecule has 0 aromatic heterocycles. The maximum atomic E-state index is 6.16. The molecule has 0 atom stereocenters. The molecule has 2 aromatic rings. The Bertz CT molecular complexity index is 495. The monoisotopic (exact) mass is 203 g/mol. The standard InChI is InChI=1S/C12H10ClN/c13-11-5-4-9-7-14-6-8-2-1-3-10(11)12(8)9/h1-5,14H,6-7H2. The minimum absolute atomic E-state index is 0.854. The molecule has 1 nitrogen and oxygen atoms in total. The van der Waals surface area contributed by atoms with Crippen molar-refractivity contribution in [2.45, 2.75) is 13.1 Å². The molecule has 0 radical (unpaired) electrons. The van der Waals surface area contributed by atoms with Gasteiger partial charge in [-0.15, -0.1) is 0 Å². The molecule has 1 aliphatic rings. The Kier molecular flexibility index (Phi) is 1.76. The maximum absolute atomic E-state index is 6.16. The smallest absolute Gasteiger partial charge is 0.0484 e. The first kappa shape index (κ1) is 8.27. The average Bonchev–Trinajstić information content (AvgIpc) is 2.24. The van der Waals surface area contributed by atoms with E-state index in [1.54, 1.807) is 0 Å². The topological polar surface area (TPSA) is 12.0 Å². The van der Waals surface area contributed by atoms with E-state index in [4.69, 9.17) is 11.6 Å². The molecule has 0 saturated heterocycles. The third-order valence-electron chi connectivity index (χ3n) is 2.79. The molecular weight excluding hydrogens is 194 g/mol. The average molecular weight is 204 g/mol. The number of halogens is 1. The van der Waals surface area contributed by atoms with Crippen LogP contribution in [0.4, 0.5) is 0 Å². The van der Waals surface area contributed by atoms with E-state index in [-0.39, 0.29) is 0 Å². The van der Waals surface area contributed by atoms with Gasteiger partial charge in [-0.3, -0.25) is 0 Å². The molecule has 1 aliphatic heterocycles. The van der Waals surface area contributed by atoms with Gasteiger partial charge in [0.15, 0.2) is 0 Å². The summed E-state index contributed by atoms with van der Waals surface area (Å²) in [7, 11) is 0. The van der Waals surface area contributed by atoms with Crippen molar-refractivity contribution in [3.63, 3.8) is 0 Å². The van der Waals surface area contributed by atoms with Gasteiger partial charge in [0.25, 0.3) is 0 Å². The predicted molar refractivity (Wildman–Crippen MR) is 59.5 cm³/mol. The summed E-state index contributed by atoms with van der Waals surface area (Å²) in [5, 5.41) is 6.76. The molecule has 1 N–H and O–H groups in total. The van der Waals surface area contributed by atoms with Gasteiger partial charge in [0.1, 0.15) is 0 Å². The highest BCUT2D eigenvalue weighted by atomic mass is 35.5. The van der Waals surface area contributed by atoms with Crippen molar-refractivity contribution in [2.75, 3.05) is 0 Å². The van der Waals surface area contributed by atoms with Gasteiger partial charge in [-0.2, -0.15) is 0 Å². The first-order valence-electron chi connectivity index (χ1n) is 4.76. The van der Waals surface area contributed by atoms with E-state index in [1.165, 1.54) is 21.9 Å². The van der Waals surface area contributed by atoms with E-state index in [2.05, 4.69) is 29.6 Å². The van der Waals surface area contributed by atoms with E-state index in [0.29, 0.717) is 0 Å². The fourth-order valence-electron chi connectivity index (χ4n) is 2.15. The maximum Gasteiger partial charge on any atom is 0.0484 e. The van der Waals surface area contributed by atoms with E-state index in [9.17, 15) is 0 Å². The van der Waals surface area contributed by atoms with Crippen LogP contribution >= 0.6 is 11.6 Å². The molecule has 14 heavy (non-hydrogen) atoms. The van der Waals surface area contributed by atoms with Crippen LogP contribution in [0.1, 0.15) is 11.1 Å². The molecule has 0 bridgehead atoms. The van der Waals surface area contributed by atoms with Crippen molar-refractivity contribution in [3.8, 4) is 0 Å². The Morgan fingerprint density at radius 1 is 1.00 bits per heavy atom. The molecule has 0 spiro atoms. The van der Waals surface area contributed by atoms with Gasteiger partial charge in [0.05, 0.1) is 0 Å². The van der Waals surface area contributed by atoms with E-state index >= 15 is 0 Å². The van der Waals surface area contributed by atoms with Crippen LogP contribution in [-0.4, -0.2) is 0 Å². The van der Waals surface area contributed by atoms with E-state index in [1.807, 2.05) is 6.07 Å². The molecule has 3 rings (SSSR count). The van der Waals surface area contributed by atoms with Crippen molar-refractivity contribution >= 4 is 22.4 Å². The normalized spacial score (nSPS) is 14.6. The lowest BCUT2D eigenvalue weighted by molar-refractivity contribution is 0.683. The Morgan fingerprint density at radius 2 is 1.79 bits per heavy atom. The van der Waals surface area contributed by atoms with Gasteiger partial charge in [-0.1, -0.05) is 35.9 Å². The highest BCUT2D eigenvalue weighted by Gasteiger charge is 2.12. The molecule has 0 aliphatic carbocycles. The van der Waals surface area contributed by atoms with Crippen LogP contribution < -0.4 is 5.32 Å². The molecule has 0 unspecified atom stereocenters. The van der Waals surface area contributed by atoms with Crippen LogP contribution in [0.15, 0.2) is 30.3 Å². The van der Waals surface area contributed by atoms with Crippen molar-refractivity contribution in [1.82, 2.24) is 5.32 Å². The molecule has 70 valence electrons. The number of hydrogen-bond acceptors (Lipinski definition) is 1. The molecule has 0 amide bonds. The Balaban J connectivity index is 2.51. The van der Waals surface area contributed by atoms with Crippen LogP contribution in [0.3, 0.4) is 0 Å². The Morgan fingerprint density at radius 3 is 2.64 bits per heavy atom. The summed E-state index contributed by atoms with van der Waals surface area (Å²) in [6.07, 6.45) is 0. The van der Waals surface area contributed by atoms with Crippen LogP contribution in [0, 0.1) is 0 Å². The van der Waals surface area contributed by atoms with Gasteiger partial charge in [-0.05, 0) is 22.6 Å².